The maximum absolute atomic E-state index is 5.32. The molecule has 15 heavy (non-hydrogen) atoms. The Kier molecular flexibility index (Phi) is 3.56. The lowest BCUT2D eigenvalue weighted by molar-refractivity contribution is 0.326. The quantitative estimate of drug-likeness (QED) is 0.820. The lowest BCUT2D eigenvalue weighted by Gasteiger charge is -2.22. The van der Waals surface area contributed by atoms with Gasteiger partial charge in [0.2, 0.25) is 5.88 Å². The fraction of sp³-hybridized carbons (Fsp3) is 0.583. The van der Waals surface area contributed by atoms with E-state index in [1.54, 1.807) is 0 Å². The van der Waals surface area contributed by atoms with Crippen molar-refractivity contribution in [3.8, 4) is 5.88 Å². The van der Waals surface area contributed by atoms with E-state index >= 15 is 0 Å². The number of piperidine rings is 1. The Balaban J connectivity index is 2.02. The summed E-state index contributed by atoms with van der Waals surface area (Å²) in [6.07, 6.45) is 4.40. The van der Waals surface area contributed by atoms with Crippen LogP contribution in [0.15, 0.2) is 18.3 Å². The molecule has 0 aliphatic carbocycles. The lowest BCUT2D eigenvalue weighted by Crippen LogP contribution is -2.26. The smallest absolute Gasteiger partial charge is 0.213 e. The number of aromatic nitrogens is 1. The molecule has 3 heteroatoms. The SMILES string of the molecule is CCOc1ccc(C2CCNCC2)cn1. The van der Waals surface area contributed by atoms with Crippen LogP contribution in [-0.2, 0) is 0 Å². The molecule has 0 spiro atoms. The van der Waals surface area contributed by atoms with Gasteiger partial charge in [-0.3, -0.25) is 0 Å². The Morgan fingerprint density at radius 3 is 2.80 bits per heavy atom. The summed E-state index contributed by atoms with van der Waals surface area (Å²) >= 11 is 0. The van der Waals surface area contributed by atoms with Gasteiger partial charge in [0, 0.05) is 12.3 Å². The largest absolute Gasteiger partial charge is 0.478 e. The third kappa shape index (κ3) is 2.69. The van der Waals surface area contributed by atoms with Gasteiger partial charge in [0.15, 0.2) is 0 Å². The van der Waals surface area contributed by atoms with Gasteiger partial charge in [-0.15, -0.1) is 0 Å². The minimum absolute atomic E-state index is 0.675. The van der Waals surface area contributed by atoms with Gasteiger partial charge in [0.05, 0.1) is 6.61 Å². The van der Waals surface area contributed by atoms with Crippen molar-refractivity contribution in [1.29, 1.82) is 0 Å². The molecule has 1 aliphatic rings. The van der Waals surface area contributed by atoms with Crippen LogP contribution in [0.3, 0.4) is 0 Å². The van der Waals surface area contributed by atoms with Crippen molar-refractivity contribution in [3.05, 3.63) is 23.9 Å². The third-order valence-corrected chi connectivity index (χ3v) is 2.86. The number of ether oxygens (including phenoxy) is 1. The second kappa shape index (κ2) is 5.12. The normalized spacial score (nSPS) is 17.7. The summed E-state index contributed by atoms with van der Waals surface area (Å²) in [4.78, 5) is 4.30. The van der Waals surface area contributed by atoms with Gasteiger partial charge in [-0.25, -0.2) is 4.98 Å². The molecule has 2 heterocycles. The average Bonchev–Trinajstić information content (AvgIpc) is 2.32. The molecule has 3 nitrogen and oxygen atoms in total. The number of pyridine rings is 1. The third-order valence-electron chi connectivity index (χ3n) is 2.86. The molecular weight excluding hydrogens is 188 g/mol. The molecular formula is C12H18N2O. The molecule has 1 aliphatic heterocycles. The van der Waals surface area contributed by atoms with Gasteiger partial charge in [-0.1, -0.05) is 6.07 Å². The van der Waals surface area contributed by atoms with E-state index in [4.69, 9.17) is 4.74 Å². The maximum atomic E-state index is 5.32. The number of nitrogens with one attached hydrogen (secondary N) is 1. The molecule has 0 atom stereocenters. The van der Waals surface area contributed by atoms with Gasteiger partial charge in [-0.05, 0) is 44.3 Å². The summed E-state index contributed by atoms with van der Waals surface area (Å²) in [6, 6.07) is 4.12. The van der Waals surface area contributed by atoms with Crippen molar-refractivity contribution < 1.29 is 4.74 Å². The second-order valence-electron chi connectivity index (χ2n) is 3.89. The van der Waals surface area contributed by atoms with Gasteiger partial charge in [-0.2, -0.15) is 0 Å². The van der Waals surface area contributed by atoms with E-state index < -0.39 is 0 Å². The Labute approximate surface area is 90.9 Å². The number of rotatable bonds is 3. The van der Waals surface area contributed by atoms with E-state index in [0.717, 1.165) is 19.0 Å². The Bertz CT molecular complexity index is 291. The zero-order chi connectivity index (χ0) is 10.5. The maximum Gasteiger partial charge on any atom is 0.213 e. The van der Waals surface area contributed by atoms with Crippen molar-refractivity contribution >= 4 is 0 Å². The fourth-order valence-corrected chi connectivity index (χ4v) is 2.02. The zero-order valence-electron chi connectivity index (χ0n) is 9.20. The molecule has 1 saturated heterocycles. The minimum atomic E-state index is 0.675. The summed E-state index contributed by atoms with van der Waals surface area (Å²) in [5.74, 6) is 1.41. The first-order valence-electron chi connectivity index (χ1n) is 5.69. The number of nitrogens with zero attached hydrogens (tertiary/aromatic N) is 1. The Morgan fingerprint density at radius 2 is 2.20 bits per heavy atom. The second-order valence-corrected chi connectivity index (χ2v) is 3.89. The van der Waals surface area contributed by atoms with Gasteiger partial charge >= 0.3 is 0 Å². The molecule has 0 saturated carbocycles. The molecule has 0 amide bonds. The van der Waals surface area contributed by atoms with Crippen molar-refractivity contribution in [1.82, 2.24) is 10.3 Å². The molecule has 0 radical (unpaired) electrons. The van der Waals surface area contributed by atoms with E-state index in [2.05, 4.69) is 16.4 Å². The van der Waals surface area contributed by atoms with E-state index in [0.29, 0.717) is 12.5 Å². The molecule has 0 aromatic carbocycles. The molecule has 0 bridgehead atoms. The predicted octanol–water partition coefficient (Wildman–Crippen LogP) is 1.95. The van der Waals surface area contributed by atoms with Crippen LogP contribution in [0.4, 0.5) is 0 Å². The fourth-order valence-electron chi connectivity index (χ4n) is 2.02. The van der Waals surface area contributed by atoms with Crippen LogP contribution < -0.4 is 10.1 Å². The highest BCUT2D eigenvalue weighted by molar-refractivity contribution is 5.21. The first-order valence-corrected chi connectivity index (χ1v) is 5.69. The van der Waals surface area contributed by atoms with Crippen molar-refractivity contribution in [3.63, 3.8) is 0 Å². The summed E-state index contributed by atoms with van der Waals surface area (Å²) < 4.78 is 5.32. The molecule has 82 valence electrons. The van der Waals surface area contributed by atoms with Crippen molar-refractivity contribution in [2.24, 2.45) is 0 Å². The zero-order valence-corrected chi connectivity index (χ0v) is 9.20. The van der Waals surface area contributed by atoms with Crippen LogP contribution in [0.25, 0.3) is 0 Å². The van der Waals surface area contributed by atoms with Gasteiger partial charge < -0.3 is 10.1 Å². The monoisotopic (exact) mass is 206 g/mol. The standard InChI is InChI=1S/C12H18N2O/c1-2-15-12-4-3-11(9-14-12)10-5-7-13-8-6-10/h3-4,9-10,13H,2,5-8H2,1H3. The Hall–Kier alpha value is -1.09. The molecule has 2 rings (SSSR count). The molecule has 1 N–H and O–H groups in total. The first-order chi connectivity index (χ1) is 7.40. The molecule has 1 aromatic heterocycles. The topological polar surface area (TPSA) is 34.1 Å². The van der Waals surface area contributed by atoms with Crippen LogP contribution in [0.5, 0.6) is 5.88 Å². The summed E-state index contributed by atoms with van der Waals surface area (Å²) in [5, 5.41) is 3.37. The van der Waals surface area contributed by atoms with Crippen LogP contribution in [0.1, 0.15) is 31.2 Å². The number of hydrogen-bond donors (Lipinski definition) is 1. The van der Waals surface area contributed by atoms with E-state index in [-0.39, 0.29) is 0 Å². The average molecular weight is 206 g/mol. The summed E-state index contributed by atoms with van der Waals surface area (Å²) in [5.41, 5.74) is 1.35. The Morgan fingerprint density at radius 1 is 1.40 bits per heavy atom. The summed E-state index contributed by atoms with van der Waals surface area (Å²) in [6.45, 7) is 4.90. The first kappa shape index (κ1) is 10.4. The van der Waals surface area contributed by atoms with Crippen LogP contribution in [0.2, 0.25) is 0 Å². The van der Waals surface area contributed by atoms with Crippen LogP contribution in [-0.4, -0.2) is 24.7 Å². The molecule has 1 aromatic rings. The number of hydrogen-bond acceptors (Lipinski definition) is 3. The van der Waals surface area contributed by atoms with E-state index in [1.165, 1.54) is 18.4 Å². The lowest BCUT2D eigenvalue weighted by atomic mass is 9.91. The molecule has 1 fully saturated rings. The minimum Gasteiger partial charge on any atom is -0.478 e. The predicted molar refractivity (Wildman–Crippen MR) is 60.3 cm³/mol. The van der Waals surface area contributed by atoms with Crippen LogP contribution >= 0.6 is 0 Å². The highest BCUT2D eigenvalue weighted by Gasteiger charge is 2.15. The highest BCUT2D eigenvalue weighted by Crippen LogP contribution is 2.25. The van der Waals surface area contributed by atoms with Crippen molar-refractivity contribution in [2.75, 3.05) is 19.7 Å². The van der Waals surface area contributed by atoms with E-state index in [9.17, 15) is 0 Å². The summed E-state index contributed by atoms with van der Waals surface area (Å²) in [7, 11) is 0. The molecule has 0 unspecified atom stereocenters. The van der Waals surface area contributed by atoms with E-state index in [1.807, 2.05) is 19.2 Å². The highest BCUT2D eigenvalue weighted by atomic mass is 16.5. The van der Waals surface area contributed by atoms with Gasteiger partial charge in [0.25, 0.3) is 0 Å². The van der Waals surface area contributed by atoms with Crippen molar-refractivity contribution in [2.45, 2.75) is 25.7 Å². The van der Waals surface area contributed by atoms with Crippen LogP contribution in [0, 0.1) is 0 Å². The van der Waals surface area contributed by atoms with Gasteiger partial charge in [0.1, 0.15) is 0 Å².